The minimum Gasteiger partial charge on any atom is -0.356 e. The predicted octanol–water partition coefficient (Wildman–Crippen LogP) is 5.68. The van der Waals surface area contributed by atoms with E-state index in [-0.39, 0.29) is 0 Å². The predicted molar refractivity (Wildman–Crippen MR) is 102 cm³/mol. The summed E-state index contributed by atoms with van der Waals surface area (Å²) in [6.45, 7) is 14.8. The lowest BCUT2D eigenvalue weighted by Crippen LogP contribution is -2.27. The number of nitrogens with zero attached hydrogens (tertiary/aromatic N) is 3. The molecule has 0 spiro atoms. The van der Waals surface area contributed by atoms with E-state index in [4.69, 9.17) is 4.98 Å². The second kappa shape index (κ2) is 10.2. The highest BCUT2D eigenvalue weighted by Gasteiger charge is 2.13. The summed E-state index contributed by atoms with van der Waals surface area (Å²) in [5.41, 5.74) is 2.32. The maximum atomic E-state index is 4.76. The minimum absolute atomic E-state index is 0.866. The number of rotatable bonds is 7. The maximum Gasteiger partial charge on any atom is 0.140 e. The molecule has 3 heteroatoms. The van der Waals surface area contributed by atoms with Gasteiger partial charge in [0.25, 0.3) is 0 Å². The van der Waals surface area contributed by atoms with Crippen LogP contribution in [0.5, 0.6) is 0 Å². The van der Waals surface area contributed by atoms with Crippen molar-refractivity contribution in [2.45, 2.75) is 67.2 Å². The lowest BCUT2D eigenvalue weighted by atomic mass is 10.1. The van der Waals surface area contributed by atoms with Crippen molar-refractivity contribution in [2.75, 3.05) is 18.0 Å². The first-order valence-electron chi connectivity index (χ1n) is 9.16. The van der Waals surface area contributed by atoms with Crippen molar-refractivity contribution in [3.8, 4) is 0 Å². The number of para-hydroxylation sites is 1. The van der Waals surface area contributed by atoms with Gasteiger partial charge in [0, 0.05) is 18.5 Å². The third-order valence-corrected chi connectivity index (χ3v) is 3.88. The number of fused-ring (bicyclic) bond motifs is 1. The van der Waals surface area contributed by atoms with Crippen molar-refractivity contribution in [3.63, 3.8) is 0 Å². The molecular weight excluding hydrogens is 282 g/mol. The first-order chi connectivity index (χ1) is 11.2. The summed E-state index contributed by atoms with van der Waals surface area (Å²) < 4.78 is 0. The molecule has 3 nitrogen and oxygen atoms in total. The molecule has 23 heavy (non-hydrogen) atoms. The van der Waals surface area contributed by atoms with Crippen LogP contribution in [0.15, 0.2) is 18.2 Å². The number of unbranched alkanes of at least 4 members (excludes halogenated alkanes) is 2. The zero-order valence-corrected chi connectivity index (χ0v) is 15.8. The Balaban J connectivity index is 0.00000127. The van der Waals surface area contributed by atoms with Gasteiger partial charge in [-0.05, 0) is 38.3 Å². The molecule has 0 fully saturated rings. The van der Waals surface area contributed by atoms with E-state index in [9.17, 15) is 0 Å². The van der Waals surface area contributed by atoms with E-state index in [1.54, 1.807) is 0 Å². The van der Waals surface area contributed by atoms with Gasteiger partial charge in [-0.25, -0.2) is 9.97 Å². The quantitative estimate of drug-likeness (QED) is 0.658. The molecule has 0 bridgehead atoms. The second-order valence-electron chi connectivity index (χ2n) is 5.76. The van der Waals surface area contributed by atoms with Crippen molar-refractivity contribution < 1.29 is 0 Å². The van der Waals surface area contributed by atoms with E-state index < -0.39 is 0 Å². The molecule has 0 saturated carbocycles. The SMILES string of the molecule is CC.CCCCN(CCCC)c1nc(C)nc2c(C)cccc12. The molecule has 1 aromatic heterocycles. The third kappa shape index (κ3) is 5.19. The molecule has 128 valence electrons. The highest BCUT2D eigenvalue weighted by molar-refractivity contribution is 5.91. The van der Waals surface area contributed by atoms with Crippen LogP contribution in [0.1, 0.15) is 64.8 Å². The summed E-state index contributed by atoms with van der Waals surface area (Å²) >= 11 is 0. The summed E-state index contributed by atoms with van der Waals surface area (Å²) in [6.07, 6.45) is 4.84. The van der Waals surface area contributed by atoms with Gasteiger partial charge in [-0.1, -0.05) is 52.7 Å². The topological polar surface area (TPSA) is 29.0 Å². The Kier molecular flexibility index (Phi) is 8.60. The molecule has 0 aliphatic rings. The summed E-state index contributed by atoms with van der Waals surface area (Å²) in [5.74, 6) is 1.98. The van der Waals surface area contributed by atoms with Crippen LogP contribution in [0, 0.1) is 13.8 Å². The van der Waals surface area contributed by atoms with Crippen molar-refractivity contribution in [1.82, 2.24) is 9.97 Å². The molecule has 0 amide bonds. The Morgan fingerprint density at radius 2 is 1.52 bits per heavy atom. The maximum absolute atomic E-state index is 4.76. The minimum atomic E-state index is 0.866. The van der Waals surface area contributed by atoms with Gasteiger partial charge >= 0.3 is 0 Å². The number of aromatic nitrogens is 2. The van der Waals surface area contributed by atoms with Crippen LogP contribution >= 0.6 is 0 Å². The van der Waals surface area contributed by atoms with Gasteiger partial charge in [0.2, 0.25) is 0 Å². The normalized spacial score (nSPS) is 10.3. The lowest BCUT2D eigenvalue weighted by Gasteiger charge is -2.25. The van der Waals surface area contributed by atoms with Crippen LogP contribution in [0.4, 0.5) is 5.82 Å². The van der Waals surface area contributed by atoms with E-state index in [1.807, 2.05) is 20.8 Å². The first kappa shape index (κ1) is 19.4. The molecule has 2 rings (SSSR count). The second-order valence-corrected chi connectivity index (χ2v) is 5.76. The summed E-state index contributed by atoms with van der Waals surface area (Å²) in [4.78, 5) is 11.9. The van der Waals surface area contributed by atoms with Gasteiger partial charge in [-0.15, -0.1) is 0 Å². The van der Waals surface area contributed by atoms with E-state index >= 15 is 0 Å². The average Bonchev–Trinajstić information content (AvgIpc) is 2.57. The third-order valence-electron chi connectivity index (χ3n) is 3.88. The fourth-order valence-corrected chi connectivity index (χ4v) is 2.65. The van der Waals surface area contributed by atoms with E-state index in [0.29, 0.717) is 0 Å². The van der Waals surface area contributed by atoms with Crippen LogP contribution in [0.25, 0.3) is 10.9 Å². The first-order valence-corrected chi connectivity index (χ1v) is 9.16. The lowest BCUT2D eigenvalue weighted by molar-refractivity contribution is 0.672. The number of anilines is 1. The zero-order valence-electron chi connectivity index (χ0n) is 15.8. The molecule has 0 unspecified atom stereocenters. The molecule has 0 radical (unpaired) electrons. The molecule has 2 aromatic rings. The highest BCUT2D eigenvalue weighted by Crippen LogP contribution is 2.26. The summed E-state index contributed by atoms with van der Waals surface area (Å²) in [7, 11) is 0. The van der Waals surface area contributed by atoms with E-state index in [0.717, 1.165) is 30.2 Å². The average molecular weight is 316 g/mol. The number of hydrogen-bond donors (Lipinski definition) is 0. The Bertz CT molecular complexity index is 585. The smallest absolute Gasteiger partial charge is 0.140 e. The van der Waals surface area contributed by atoms with Crippen LogP contribution in [0.2, 0.25) is 0 Å². The molecule has 0 saturated heterocycles. The Morgan fingerprint density at radius 1 is 0.913 bits per heavy atom. The fourth-order valence-electron chi connectivity index (χ4n) is 2.65. The van der Waals surface area contributed by atoms with Gasteiger partial charge in [0.15, 0.2) is 0 Å². The van der Waals surface area contributed by atoms with Crippen molar-refractivity contribution >= 4 is 16.7 Å². The van der Waals surface area contributed by atoms with Crippen molar-refractivity contribution in [1.29, 1.82) is 0 Å². The molecule has 1 heterocycles. The van der Waals surface area contributed by atoms with Crippen LogP contribution in [0.3, 0.4) is 0 Å². The molecule has 0 aliphatic heterocycles. The van der Waals surface area contributed by atoms with Crippen LogP contribution in [-0.4, -0.2) is 23.1 Å². The largest absolute Gasteiger partial charge is 0.356 e. The van der Waals surface area contributed by atoms with Gasteiger partial charge in [-0.3, -0.25) is 0 Å². The molecule has 1 aromatic carbocycles. The standard InChI is InChI=1S/C18H27N3.C2H6/c1-5-7-12-21(13-8-6-2)18-16-11-9-10-14(3)17(16)19-15(4)20-18;1-2/h9-11H,5-8,12-13H2,1-4H3;1-2H3. The number of benzene rings is 1. The fraction of sp³-hybridized carbons (Fsp3) is 0.600. The van der Waals surface area contributed by atoms with Gasteiger partial charge in [-0.2, -0.15) is 0 Å². The van der Waals surface area contributed by atoms with Crippen LogP contribution in [-0.2, 0) is 0 Å². The number of hydrogen-bond acceptors (Lipinski definition) is 3. The van der Waals surface area contributed by atoms with Crippen molar-refractivity contribution in [3.05, 3.63) is 29.6 Å². The van der Waals surface area contributed by atoms with Gasteiger partial charge in [0.05, 0.1) is 5.52 Å². The summed E-state index contributed by atoms with van der Waals surface area (Å²) in [6, 6.07) is 6.39. The van der Waals surface area contributed by atoms with Crippen molar-refractivity contribution in [2.24, 2.45) is 0 Å². The van der Waals surface area contributed by atoms with E-state index in [2.05, 4.69) is 48.9 Å². The Hall–Kier alpha value is -1.64. The molecule has 0 atom stereocenters. The monoisotopic (exact) mass is 315 g/mol. The van der Waals surface area contributed by atoms with Gasteiger partial charge < -0.3 is 4.90 Å². The molecular formula is C20H33N3. The van der Waals surface area contributed by atoms with Gasteiger partial charge in [0.1, 0.15) is 11.6 Å². The Morgan fingerprint density at radius 3 is 2.09 bits per heavy atom. The molecule has 0 aliphatic carbocycles. The molecule has 0 N–H and O–H groups in total. The number of aryl methyl sites for hydroxylation is 2. The zero-order chi connectivity index (χ0) is 17.2. The highest BCUT2D eigenvalue weighted by atomic mass is 15.2. The summed E-state index contributed by atoms with van der Waals surface area (Å²) in [5, 5.41) is 1.19. The Labute approximate surface area is 142 Å². The van der Waals surface area contributed by atoms with Crippen LogP contribution < -0.4 is 4.90 Å². The van der Waals surface area contributed by atoms with E-state index in [1.165, 1.54) is 36.6 Å².